The average Bonchev–Trinajstić information content (AvgIpc) is 2.63. The van der Waals surface area contributed by atoms with Crippen LogP contribution < -0.4 is 14.8 Å². The third-order valence-corrected chi connectivity index (χ3v) is 4.78. The molecule has 24 heavy (non-hydrogen) atoms. The van der Waals surface area contributed by atoms with Gasteiger partial charge in [0.05, 0.1) is 5.56 Å². The molecular weight excluding hydrogens is 296 g/mol. The van der Waals surface area contributed by atoms with Crippen LogP contribution in [0.15, 0.2) is 46.9 Å². The van der Waals surface area contributed by atoms with Crippen molar-refractivity contribution in [2.24, 2.45) is 0 Å². The van der Waals surface area contributed by atoms with Crippen molar-refractivity contribution in [3.8, 4) is 11.3 Å². The Labute approximate surface area is 144 Å². The zero-order valence-corrected chi connectivity index (χ0v) is 15.2. The van der Waals surface area contributed by atoms with E-state index in [4.69, 9.17) is 4.42 Å². The molecule has 0 radical (unpaired) electrons. The standard InChI is InChI=1S/C21H27N2O/c1-5-22(6-2)18-13-14-20-17(21(18)23(7-3)8-4)15-16-11-9-10-12-19(16)24-20/h9-15H,5-8H2,1-4H3/q+1. The van der Waals surface area contributed by atoms with E-state index in [9.17, 15) is 0 Å². The molecule has 0 aromatic heterocycles. The maximum Gasteiger partial charge on any atom is 0.234 e. The molecule has 3 heteroatoms. The van der Waals surface area contributed by atoms with E-state index in [0.29, 0.717) is 0 Å². The highest BCUT2D eigenvalue weighted by Crippen LogP contribution is 2.27. The molecule has 0 spiro atoms. The molecular formula is C21H27N2O+. The molecule has 0 fully saturated rings. The quantitative estimate of drug-likeness (QED) is 0.518. The van der Waals surface area contributed by atoms with Crippen LogP contribution in [0.4, 0.5) is 5.69 Å². The Morgan fingerprint density at radius 1 is 0.917 bits per heavy atom. The van der Waals surface area contributed by atoms with Crippen LogP contribution in [-0.4, -0.2) is 26.2 Å². The van der Waals surface area contributed by atoms with Gasteiger partial charge in [-0.2, -0.15) is 0 Å². The van der Waals surface area contributed by atoms with Crippen molar-refractivity contribution in [3.05, 3.63) is 47.8 Å². The van der Waals surface area contributed by atoms with Crippen LogP contribution in [0.2, 0.25) is 0 Å². The zero-order valence-electron chi connectivity index (χ0n) is 15.2. The minimum Gasteiger partial charge on any atom is -0.456 e. The van der Waals surface area contributed by atoms with E-state index in [1.165, 1.54) is 16.6 Å². The van der Waals surface area contributed by atoms with Crippen LogP contribution >= 0.6 is 0 Å². The lowest BCUT2D eigenvalue weighted by Gasteiger charge is -2.22. The van der Waals surface area contributed by atoms with Gasteiger partial charge in [0.2, 0.25) is 5.36 Å². The molecule has 1 aliphatic carbocycles. The summed E-state index contributed by atoms with van der Waals surface area (Å²) in [6.45, 7) is 12.8. The van der Waals surface area contributed by atoms with Crippen molar-refractivity contribution in [2.45, 2.75) is 27.7 Å². The summed E-state index contributed by atoms with van der Waals surface area (Å²) in [6.07, 6.45) is 0. The van der Waals surface area contributed by atoms with Gasteiger partial charge in [0.1, 0.15) is 30.1 Å². The van der Waals surface area contributed by atoms with Gasteiger partial charge in [-0.3, -0.25) is 0 Å². The fourth-order valence-electron chi connectivity index (χ4n) is 3.46. The maximum absolute atomic E-state index is 6.18. The average molecular weight is 323 g/mol. The van der Waals surface area contributed by atoms with Crippen molar-refractivity contribution in [1.82, 2.24) is 4.58 Å². The second kappa shape index (κ2) is 7.08. The largest absolute Gasteiger partial charge is 0.456 e. The molecule has 1 aromatic rings. The maximum atomic E-state index is 6.18. The molecule has 0 atom stereocenters. The molecule has 0 saturated carbocycles. The highest BCUT2D eigenvalue weighted by Gasteiger charge is 2.21. The highest BCUT2D eigenvalue weighted by molar-refractivity contribution is 5.83. The van der Waals surface area contributed by atoms with Gasteiger partial charge in [-0.1, -0.05) is 18.2 Å². The first-order chi connectivity index (χ1) is 11.7. The topological polar surface area (TPSA) is 19.4 Å². The highest BCUT2D eigenvalue weighted by atomic mass is 16.3. The van der Waals surface area contributed by atoms with E-state index >= 15 is 0 Å². The Morgan fingerprint density at radius 2 is 1.62 bits per heavy atom. The second-order valence-electron chi connectivity index (χ2n) is 5.97. The van der Waals surface area contributed by atoms with Crippen LogP contribution in [0.1, 0.15) is 27.7 Å². The van der Waals surface area contributed by atoms with Crippen LogP contribution in [0.5, 0.6) is 0 Å². The minimum atomic E-state index is 0.936. The van der Waals surface area contributed by atoms with E-state index in [0.717, 1.165) is 42.9 Å². The smallest absolute Gasteiger partial charge is 0.234 e. The van der Waals surface area contributed by atoms with Crippen LogP contribution in [-0.2, 0) is 0 Å². The predicted molar refractivity (Wildman–Crippen MR) is 103 cm³/mol. The summed E-state index contributed by atoms with van der Waals surface area (Å²) in [6, 6.07) is 14.8. The summed E-state index contributed by atoms with van der Waals surface area (Å²) >= 11 is 0. The second-order valence-corrected chi connectivity index (χ2v) is 5.97. The summed E-state index contributed by atoms with van der Waals surface area (Å²) in [4.78, 5) is 2.42. The minimum absolute atomic E-state index is 0.936. The molecule has 1 aromatic carbocycles. The first kappa shape index (κ1) is 16.6. The van der Waals surface area contributed by atoms with Gasteiger partial charge in [-0.25, -0.2) is 4.58 Å². The lowest BCUT2D eigenvalue weighted by atomic mass is 10.0. The molecule has 0 N–H and O–H groups in total. The molecule has 126 valence electrons. The van der Waals surface area contributed by atoms with Crippen molar-refractivity contribution in [1.29, 1.82) is 0 Å². The van der Waals surface area contributed by atoms with E-state index in [1.807, 2.05) is 12.1 Å². The van der Waals surface area contributed by atoms with Crippen molar-refractivity contribution in [3.63, 3.8) is 0 Å². The Hall–Kier alpha value is -2.29. The predicted octanol–water partition coefficient (Wildman–Crippen LogP) is 4.20. The fraction of sp³-hybridized carbons (Fsp3) is 0.381. The van der Waals surface area contributed by atoms with Crippen LogP contribution in [0.3, 0.4) is 0 Å². The van der Waals surface area contributed by atoms with Gasteiger partial charge in [0, 0.05) is 18.5 Å². The first-order valence-electron chi connectivity index (χ1n) is 9.01. The number of hydrogen-bond donors (Lipinski definition) is 0. The van der Waals surface area contributed by atoms with Crippen molar-refractivity contribution in [2.75, 3.05) is 31.1 Å². The number of rotatable bonds is 5. The molecule has 0 unspecified atom stereocenters. The summed E-state index contributed by atoms with van der Waals surface area (Å²) in [5.74, 6) is 0.950. The molecule has 2 aliphatic rings. The molecule has 3 nitrogen and oxygen atoms in total. The van der Waals surface area contributed by atoms with Gasteiger partial charge < -0.3 is 9.32 Å². The van der Waals surface area contributed by atoms with Crippen LogP contribution in [0.25, 0.3) is 22.3 Å². The molecule has 3 rings (SSSR count). The molecule has 1 heterocycles. The summed E-state index contributed by atoms with van der Waals surface area (Å²) < 4.78 is 8.61. The van der Waals surface area contributed by atoms with Crippen LogP contribution in [0, 0.1) is 0 Å². The van der Waals surface area contributed by atoms with Gasteiger partial charge in [-0.15, -0.1) is 0 Å². The normalized spacial score (nSPS) is 11.2. The monoisotopic (exact) mass is 323 g/mol. The Kier molecular flexibility index (Phi) is 4.89. The van der Waals surface area contributed by atoms with E-state index in [2.05, 4.69) is 67.5 Å². The number of benzene rings is 2. The third-order valence-electron chi connectivity index (χ3n) is 4.78. The SMILES string of the molecule is CCN(CC)c1ccc2oc3ccccc3cc-2c1=[N+](CC)CC. The summed E-state index contributed by atoms with van der Waals surface area (Å²) in [5, 5.41) is 2.44. The Balaban J connectivity index is 2.45. The third kappa shape index (κ3) is 2.79. The lowest BCUT2D eigenvalue weighted by molar-refractivity contribution is 0.601. The summed E-state index contributed by atoms with van der Waals surface area (Å²) in [5.41, 5.74) is 3.43. The molecule has 0 saturated heterocycles. The first-order valence-corrected chi connectivity index (χ1v) is 9.01. The number of para-hydroxylation sites is 1. The Morgan fingerprint density at radius 3 is 2.29 bits per heavy atom. The van der Waals surface area contributed by atoms with Crippen molar-refractivity contribution >= 4 is 16.7 Å². The number of nitrogens with zero attached hydrogens (tertiary/aromatic N) is 2. The van der Waals surface area contributed by atoms with Gasteiger partial charge >= 0.3 is 0 Å². The number of fused-ring (bicyclic) bond motifs is 2. The fourth-order valence-corrected chi connectivity index (χ4v) is 3.46. The van der Waals surface area contributed by atoms with Gasteiger partial charge in [-0.05, 0) is 52.0 Å². The Bertz CT molecular complexity index is 869. The number of hydrogen-bond acceptors (Lipinski definition) is 2. The molecule has 0 amide bonds. The zero-order chi connectivity index (χ0) is 17.1. The van der Waals surface area contributed by atoms with Crippen molar-refractivity contribution < 1.29 is 4.42 Å². The van der Waals surface area contributed by atoms with E-state index < -0.39 is 0 Å². The van der Waals surface area contributed by atoms with Gasteiger partial charge in [0.15, 0.2) is 0 Å². The van der Waals surface area contributed by atoms with Gasteiger partial charge in [0.25, 0.3) is 0 Å². The lowest BCUT2D eigenvalue weighted by Crippen LogP contribution is -2.37. The number of anilines is 1. The molecule has 0 bridgehead atoms. The summed E-state index contributed by atoms with van der Waals surface area (Å²) in [7, 11) is 0. The van der Waals surface area contributed by atoms with E-state index in [-0.39, 0.29) is 0 Å². The molecule has 1 aliphatic heterocycles. The van der Waals surface area contributed by atoms with E-state index in [1.54, 1.807) is 0 Å².